The van der Waals surface area contributed by atoms with Crippen molar-refractivity contribution in [1.82, 2.24) is 10.6 Å². The molecule has 6 heteroatoms. The van der Waals surface area contributed by atoms with Gasteiger partial charge in [-0.25, -0.2) is 9.59 Å². The smallest absolute Gasteiger partial charge is 0.326 e. The fourth-order valence-electron chi connectivity index (χ4n) is 2.91. The molecule has 0 heterocycles. The Morgan fingerprint density at radius 1 is 1.38 bits per heavy atom. The van der Waals surface area contributed by atoms with Crippen LogP contribution in [0.1, 0.15) is 45.4 Å². The largest absolute Gasteiger partial charge is 0.480 e. The van der Waals surface area contributed by atoms with E-state index in [0.29, 0.717) is 18.9 Å². The minimum atomic E-state index is -0.972. The molecule has 1 aliphatic carbocycles. The van der Waals surface area contributed by atoms with Crippen molar-refractivity contribution in [3.8, 4) is 0 Å². The van der Waals surface area contributed by atoms with Crippen molar-refractivity contribution in [1.29, 1.82) is 0 Å². The molecule has 0 aromatic rings. The van der Waals surface area contributed by atoms with Gasteiger partial charge in [0.25, 0.3) is 0 Å². The van der Waals surface area contributed by atoms with Crippen LogP contribution in [0.2, 0.25) is 0 Å². The lowest BCUT2D eigenvalue weighted by Gasteiger charge is -2.26. The van der Waals surface area contributed by atoms with E-state index >= 15 is 0 Å². The van der Waals surface area contributed by atoms with Crippen LogP contribution >= 0.6 is 11.8 Å². The minimum absolute atomic E-state index is 0.368. The van der Waals surface area contributed by atoms with E-state index in [4.69, 9.17) is 5.11 Å². The summed E-state index contributed by atoms with van der Waals surface area (Å²) >= 11 is 1.58. The normalized spacial score (nSPS) is 23.3. The van der Waals surface area contributed by atoms with E-state index in [1.165, 1.54) is 25.7 Å². The van der Waals surface area contributed by atoms with Crippen molar-refractivity contribution in [2.45, 2.75) is 51.5 Å². The van der Waals surface area contributed by atoms with Crippen LogP contribution < -0.4 is 10.6 Å². The number of hydrogen-bond donors (Lipinski definition) is 3. The Morgan fingerprint density at radius 2 is 2.14 bits per heavy atom. The van der Waals surface area contributed by atoms with Crippen LogP contribution in [0, 0.1) is 11.8 Å². The van der Waals surface area contributed by atoms with Crippen LogP contribution in [0.15, 0.2) is 0 Å². The zero-order valence-corrected chi connectivity index (χ0v) is 13.9. The molecule has 3 N–H and O–H groups in total. The first-order valence-electron chi connectivity index (χ1n) is 7.79. The quantitative estimate of drug-likeness (QED) is 0.643. The molecule has 122 valence electrons. The molecule has 0 radical (unpaired) electrons. The van der Waals surface area contributed by atoms with Crippen LogP contribution in [-0.2, 0) is 4.79 Å². The van der Waals surface area contributed by atoms with E-state index < -0.39 is 12.0 Å². The van der Waals surface area contributed by atoms with E-state index in [9.17, 15) is 9.59 Å². The van der Waals surface area contributed by atoms with Gasteiger partial charge in [-0.05, 0) is 43.1 Å². The summed E-state index contributed by atoms with van der Waals surface area (Å²) in [5.41, 5.74) is 0. The number of aliphatic carboxylic acids is 1. The number of rotatable bonds is 8. The molecule has 21 heavy (non-hydrogen) atoms. The Hall–Kier alpha value is -0.910. The average molecular weight is 316 g/mol. The fourth-order valence-corrected chi connectivity index (χ4v) is 3.39. The van der Waals surface area contributed by atoms with Gasteiger partial charge in [0.05, 0.1) is 0 Å². The molecule has 1 rings (SSSR count). The van der Waals surface area contributed by atoms with Crippen LogP contribution in [-0.4, -0.2) is 41.7 Å². The van der Waals surface area contributed by atoms with Crippen molar-refractivity contribution in [3.63, 3.8) is 0 Å². The molecule has 1 saturated carbocycles. The molecular weight excluding hydrogens is 288 g/mol. The molecule has 2 amide bonds. The molecule has 3 atom stereocenters. The first kappa shape index (κ1) is 18.1. The van der Waals surface area contributed by atoms with Crippen molar-refractivity contribution in [3.05, 3.63) is 0 Å². The molecule has 5 nitrogen and oxygen atoms in total. The maximum atomic E-state index is 11.7. The highest BCUT2D eigenvalue weighted by Crippen LogP contribution is 2.30. The third kappa shape index (κ3) is 7.60. The lowest BCUT2D eigenvalue weighted by atomic mass is 9.81. The third-order valence-electron chi connectivity index (χ3n) is 4.10. The van der Waals surface area contributed by atoms with Gasteiger partial charge in [0, 0.05) is 6.54 Å². The molecule has 0 aliphatic heterocycles. The maximum absolute atomic E-state index is 11.7. The van der Waals surface area contributed by atoms with E-state index in [-0.39, 0.29) is 6.03 Å². The number of carboxylic acid groups (broad SMARTS) is 1. The van der Waals surface area contributed by atoms with Gasteiger partial charge in [-0.1, -0.05) is 26.2 Å². The molecule has 1 fully saturated rings. The average Bonchev–Trinajstić information content (AvgIpc) is 2.43. The molecule has 0 aromatic carbocycles. The summed E-state index contributed by atoms with van der Waals surface area (Å²) in [5.74, 6) is 1.23. The van der Waals surface area contributed by atoms with Crippen molar-refractivity contribution in [2.75, 3.05) is 18.6 Å². The van der Waals surface area contributed by atoms with E-state index in [1.54, 1.807) is 11.8 Å². The van der Waals surface area contributed by atoms with Crippen LogP contribution in [0.25, 0.3) is 0 Å². The summed E-state index contributed by atoms with van der Waals surface area (Å²) in [6, 6.07) is -1.17. The number of thioether (sulfide) groups is 1. The predicted octanol–water partition coefficient (Wildman–Crippen LogP) is 2.71. The number of carbonyl (C=O) groups excluding carboxylic acids is 1. The van der Waals surface area contributed by atoms with Gasteiger partial charge in [-0.3, -0.25) is 0 Å². The molecule has 2 unspecified atom stereocenters. The monoisotopic (exact) mass is 316 g/mol. The number of urea groups is 1. The number of carbonyl (C=O) groups is 2. The molecule has 0 saturated heterocycles. The van der Waals surface area contributed by atoms with Crippen molar-refractivity contribution < 1.29 is 14.7 Å². The molecular formula is C15H28N2O3S. The fraction of sp³-hybridized carbons (Fsp3) is 0.867. The summed E-state index contributed by atoms with van der Waals surface area (Å²) < 4.78 is 0. The van der Waals surface area contributed by atoms with Crippen LogP contribution in [0.3, 0.4) is 0 Å². The highest BCUT2D eigenvalue weighted by atomic mass is 32.2. The summed E-state index contributed by atoms with van der Waals surface area (Å²) in [7, 11) is 0. The summed E-state index contributed by atoms with van der Waals surface area (Å²) in [6.07, 6.45) is 8.45. The highest BCUT2D eigenvalue weighted by Gasteiger charge is 2.20. The van der Waals surface area contributed by atoms with E-state index in [2.05, 4.69) is 17.6 Å². The van der Waals surface area contributed by atoms with E-state index in [1.807, 2.05) is 6.26 Å². The zero-order chi connectivity index (χ0) is 15.7. The molecule has 0 aromatic heterocycles. The zero-order valence-electron chi connectivity index (χ0n) is 13.1. The standard InChI is InChI=1S/C15H28N2O3S/c1-11-4-3-5-12(10-11)6-8-16-15(20)17-13(14(18)19)7-9-21-2/h11-13H,3-10H2,1-2H3,(H,18,19)(H2,16,17,20)/t11?,12?,13-/m0/s1. The summed E-state index contributed by atoms with van der Waals surface area (Å²) in [5, 5.41) is 14.4. The third-order valence-corrected chi connectivity index (χ3v) is 4.74. The van der Waals surface area contributed by atoms with Crippen LogP contribution in [0.5, 0.6) is 0 Å². The highest BCUT2D eigenvalue weighted by molar-refractivity contribution is 7.98. The number of nitrogens with one attached hydrogen (secondary N) is 2. The first-order valence-corrected chi connectivity index (χ1v) is 9.18. The Labute approximate surface area is 131 Å². The van der Waals surface area contributed by atoms with Gasteiger partial charge in [0.1, 0.15) is 6.04 Å². The molecule has 1 aliphatic rings. The Bertz CT molecular complexity index is 339. The van der Waals surface area contributed by atoms with Crippen LogP contribution in [0.4, 0.5) is 4.79 Å². The van der Waals surface area contributed by atoms with Gasteiger partial charge in [0.15, 0.2) is 0 Å². The first-order chi connectivity index (χ1) is 10.0. The second-order valence-electron chi connectivity index (χ2n) is 6.00. The Balaban J connectivity index is 2.21. The van der Waals surface area contributed by atoms with Gasteiger partial charge in [-0.15, -0.1) is 0 Å². The van der Waals surface area contributed by atoms with Gasteiger partial charge in [0.2, 0.25) is 0 Å². The number of amides is 2. The number of carboxylic acids is 1. The second kappa shape index (κ2) is 9.92. The minimum Gasteiger partial charge on any atom is -0.480 e. The van der Waals surface area contributed by atoms with Gasteiger partial charge < -0.3 is 15.7 Å². The molecule has 0 spiro atoms. The number of hydrogen-bond acceptors (Lipinski definition) is 3. The van der Waals surface area contributed by atoms with Gasteiger partial charge >= 0.3 is 12.0 Å². The van der Waals surface area contributed by atoms with Gasteiger partial charge in [-0.2, -0.15) is 11.8 Å². The topological polar surface area (TPSA) is 78.4 Å². The lowest BCUT2D eigenvalue weighted by Crippen LogP contribution is -2.46. The Morgan fingerprint density at radius 3 is 2.76 bits per heavy atom. The summed E-state index contributed by atoms with van der Waals surface area (Å²) in [6.45, 7) is 2.91. The van der Waals surface area contributed by atoms with E-state index in [0.717, 1.165) is 18.1 Å². The van der Waals surface area contributed by atoms with Crippen molar-refractivity contribution >= 4 is 23.8 Å². The molecule has 0 bridgehead atoms. The summed E-state index contributed by atoms with van der Waals surface area (Å²) in [4.78, 5) is 22.8. The maximum Gasteiger partial charge on any atom is 0.326 e. The lowest BCUT2D eigenvalue weighted by molar-refractivity contribution is -0.139. The predicted molar refractivity (Wildman–Crippen MR) is 86.7 cm³/mol. The van der Waals surface area contributed by atoms with Crippen molar-refractivity contribution in [2.24, 2.45) is 11.8 Å². The second-order valence-corrected chi connectivity index (χ2v) is 6.98. The SMILES string of the molecule is CSCC[C@H](NC(=O)NCCC1CCCC(C)C1)C(=O)O. The Kier molecular flexibility index (Phi) is 8.57.